The summed E-state index contributed by atoms with van der Waals surface area (Å²) in [7, 11) is -3.88. The zero-order valence-corrected chi connectivity index (χ0v) is 12.7. The summed E-state index contributed by atoms with van der Waals surface area (Å²) in [5, 5.41) is 9.97. The Morgan fingerprint density at radius 2 is 1.91 bits per heavy atom. The third-order valence-electron chi connectivity index (χ3n) is 3.31. The van der Waals surface area contributed by atoms with Crippen molar-refractivity contribution in [2.75, 3.05) is 10.8 Å². The highest BCUT2D eigenvalue weighted by Gasteiger charge is 2.36. The molecule has 0 amide bonds. The molecule has 3 rings (SSSR count). The minimum absolute atomic E-state index is 0.0512. The number of hydrogen-bond donors (Lipinski definition) is 2. The zero-order chi connectivity index (χ0) is 16.4. The molecule has 2 aromatic rings. The Morgan fingerprint density at radius 3 is 2.57 bits per heavy atom. The van der Waals surface area contributed by atoms with Crippen molar-refractivity contribution < 1.29 is 23.1 Å². The lowest BCUT2D eigenvalue weighted by molar-refractivity contribution is -0.108. The van der Waals surface area contributed by atoms with E-state index in [1.54, 1.807) is 24.3 Å². The van der Waals surface area contributed by atoms with E-state index in [-0.39, 0.29) is 18.0 Å². The number of anilines is 1. The number of hydrogen-bond acceptors (Lipinski definition) is 5. The standard InChI is InChI=1S/C15H14N2O5S/c18-10-11-9-17(23(20,21)16-11)14-8-13(6-7-15(14)19)22-12-4-2-1-3-5-12/h1-8,10-11,16,19H,9H2. The van der Waals surface area contributed by atoms with Gasteiger partial charge in [-0.2, -0.15) is 13.1 Å². The van der Waals surface area contributed by atoms with E-state index in [0.29, 0.717) is 17.8 Å². The molecule has 1 fully saturated rings. The Hall–Kier alpha value is -2.58. The minimum atomic E-state index is -3.88. The molecular weight excluding hydrogens is 320 g/mol. The van der Waals surface area contributed by atoms with E-state index in [0.717, 1.165) is 4.31 Å². The molecule has 2 aromatic carbocycles. The van der Waals surface area contributed by atoms with E-state index in [1.807, 2.05) is 6.07 Å². The van der Waals surface area contributed by atoms with Crippen LogP contribution in [0.1, 0.15) is 0 Å². The normalized spacial score (nSPS) is 19.5. The average molecular weight is 334 g/mol. The number of benzene rings is 2. The van der Waals surface area contributed by atoms with Gasteiger partial charge in [-0.05, 0) is 24.3 Å². The van der Waals surface area contributed by atoms with Crippen molar-refractivity contribution in [3.63, 3.8) is 0 Å². The SMILES string of the molecule is O=CC1CN(c2cc(Oc3ccccc3)ccc2O)S(=O)(=O)N1. The first-order valence-corrected chi connectivity index (χ1v) is 8.25. The van der Waals surface area contributed by atoms with Crippen molar-refractivity contribution in [1.82, 2.24) is 4.72 Å². The highest BCUT2D eigenvalue weighted by Crippen LogP contribution is 2.35. The molecule has 2 N–H and O–H groups in total. The molecule has 1 atom stereocenters. The summed E-state index contributed by atoms with van der Waals surface area (Å²) in [5.41, 5.74) is 0.0512. The van der Waals surface area contributed by atoms with E-state index < -0.39 is 16.3 Å². The fourth-order valence-corrected chi connectivity index (χ4v) is 3.66. The van der Waals surface area contributed by atoms with Gasteiger partial charge in [0.25, 0.3) is 0 Å². The molecule has 7 nitrogen and oxygen atoms in total. The van der Waals surface area contributed by atoms with Gasteiger partial charge in [0, 0.05) is 6.07 Å². The summed E-state index contributed by atoms with van der Waals surface area (Å²) in [6.45, 7) is -0.0891. The number of rotatable bonds is 4. The predicted octanol–water partition coefficient (Wildman–Crippen LogP) is 1.41. The van der Waals surface area contributed by atoms with Crippen molar-refractivity contribution in [2.45, 2.75) is 6.04 Å². The Kier molecular flexibility index (Phi) is 3.93. The molecule has 1 heterocycles. The molecule has 0 spiro atoms. The summed E-state index contributed by atoms with van der Waals surface area (Å²) in [4.78, 5) is 10.8. The highest BCUT2D eigenvalue weighted by atomic mass is 32.2. The van der Waals surface area contributed by atoms with Gasteiger partial charge in [0.15, 0.2) is 0 Å². The van der Waals surface area contributed by atoms with Crippen LogP contribution in [0.4, 0.5) is 5.69 Å². The zero-order valence-electron chi connectivity index (χ0n) is 11.9. The summed E-state index contributed by atoms with van der Waals surface area (Å²) >= 11 is 0. The third-order valence-corrected chi connectivity index (χ3v) is 4.84. The van der Waals surface area contributed by atoms with Crippen molar-refractivity contribution in [2.24, 2.45) is 0 Å². The number of para-hydroxylation sites is 1. The first-order valence-electron chi connectivity index (χ1n) is 6.81. The maximum Gasteiger partial charge on any atom is 0.302 e. The lowest BCUT2D eigenvalue weighted by atomic mass is 10.2. The highest BCUT2D eigenvalue weighted by molar-refractivity contribution is 7.91. The van der Waals surface area contributed by atoms with Crippen molar-refractivity contribution in [3.8, 4) is 17.2 Å². The van der Waals surface area contributed by atoms with Gasteiger partial charge in [-0.3, -0.25) is 4.31 Å². The number of carbonyl (C=O) groups excluding carboxylic acids is 1. The first kappa shape index (κ1) is 15.3. The van der Waals surface area contributed by atoms with Crippen LogP contribution in [-0.2, 0) is 15.0 Å². The molecule has 1 aliphatic heterocycles. The maximum atomic E-state index is 12.1. The van der Waals surface area contributed by atoms with Crippen molar-refractivity contribution in [1.29, 1.82) is 0 Å². The molecule has 1 unspecified atom stereocenters. The predicted molar refractivity (Wildman–Crippen MR) is 83.9 cm³/mol. The Labute approximate surface area is 133 Å². The van der Waals surface area contributed by atoms with Gasteiger partial charge in [-0.15, -0.1) is 0 Å². The van der Waals surface area contributed by atoms with Crippen molar-refractivity contribution >= 4 is 22.2 Å². The Morgan fingerprint density at radius 1 is 1.17 bits per heavy atom. The smallest absolute Gasteiger partial charge is 0.302 e. The molecule has 0 saturated carbocycles. The Balaban J connectivity index is 1.94. The third kappa shape index (κ3) is 3.13. The van der Waals surface area contributed by atoms with Crippen LogP contribution in [0, 0.1) is 0 Å². The van der Waals surface area contributed by atoms with E-state index in [9.17, 15) is 18.3 Å². The second-order valence-electron chi connectivity index (χ2n) is 4.96. The molecule has 0 aromatic heterocycles. The molecule has 120 valence electrons. The van der Waals surface area contributed by atoms with Crippen molar-refractivity contribution in [3.05, 3.63) is 48.5 Å². The minimum Gasteiger partial charge on any atom is -0.506 e. The number of nitrogens with zero attached hydrogens (tertiary/aromatic N) is 1. The molecular formula is C15H14N2O5S. The first-order chi connectivity index (χ1) is 11.0. The number of phenolic OH excluding ortho intramolecular Hbond substituents is 1. The number of phenols is 1. The second kappa shape index (κ2) is 5.90. The summed E-state index contributed by atoms with van der Waals surface area (Å²) in [5.74, 6) is 0.730. The number of aromatic hydroxyl groups is 1. The van der Waals surface area contributed by atoms with Gasteiger partial charge < -0.3 is 14.6 Å². The van der Waals surface area contributed by atoms with Gasteiger partial charge in [-0.1, -0.05) is 18.2 Å². The average Bonchev–Trinajstić information content (AvgIpc) is 2.85. The number of carbonyl (C=O) groups is 1. The number of aldehydes is 1. The monoisotopic (exact) mass is 334 g/mol. The van der Waals surface area contributed by atoms with Crippen LogP contribution < -0.4 is 13.8 Å². The van der Waals surface area contributed by atoms with Crippen LogP contribution in [0.5, 0.6) is 17.2 Å². The topological polar surface area (TPSA) is 95.9 Å². The molecule has 0 radical (unpaired) electrons. The van der Waals surface area contributed by atoms with Crippen LogP contribution in [0.25, 0.3) is 0 Å². The molecule has 0 aliphatic carbocycles. The second-order valence-corrected chi connectivity index (χ2v) is 6.59. The van der Waals surface area contributed by atoms with Gasteiger partial charge in [0.2, 0.25) is 0 Å². The van der Waals surface area contributed by atoms with Gasteiger partial charge in [0.1, 0.15) is 23.5 Å². The Bertz CT molecular complexity index is 823. The molecule has 1 aliphatic rings. The van der Waals surface area contributed by atoms with Crippen LogP contribution in [0.15, 0.2) is 48.5 Å². The molecule has 23 heavy (non-hydrogen) atoms. The molecule has 1 saturated heterocycles. The molecule has 8 heteroatoms. The largest absolute Gasteiger partial charge is 0.506 e. The maximum absolute atomic E-state index is 12.1. The number of ether oxygens (including phenoxy) is 1. The van der Waals surface area contributed by atoms with Gasteiger partial charge in [-0.25, -0.2) is 0 Å². The van der Waals surface area contributed by atoms with Gasteiger partial charge in [0.05, 0.1) is 18.3 Å². The van der Waals surface area contributed by atoms with E-state index in [1.165, 1.54) is 18.2 Å². The summed E-state index contributed by atoms with van der Waals surface area (Å²) < 4.78 is 32.9. The number of nitrogens with one attached hydrogen (secondary N) is 1. The van der Waals surface area contributed by atoms with Crippen LogP contribution in [0.2, 0.25) is 0 Å². The summed E-state index contributed by atoms with van der Waals surface area (Å²) in [6.07, 6.45) is 0.513. The van der Waals surface area contributed by atoms with E-state index in [2.05, 4.69) is 4.72 Å². The fourth-order valence-electron chi connectivity index (χ4n) is 2.26. The van der Waals surface area contributed by atoms with E-state index >= 15 is 0 Å². The molecule has 0 bridgehead atoms. The van der Waals surface area contributed by atoms with Crippen LogP contribution >= 0.6 is 0 Å². The quantitative estimate of drug-likeness (QED) is 0.824. The summed E-state index contributed by atoms with van der Waals surface area (Å²) in [6, 6.07) is 12.4. The van der Waals surface area contributed by atoms with Gasteiger partial charge >= 0.3 is 10.2 Å². The van der Waals surface area contributed by atoms with E-state index in [4.69, 9.17) is 4.74 Å². The fraction of sp³-hybridized carbons (Fsp3) is 0.133. The van der Waals surface area contributed by atoms with Crippen LogP contribution in [-0.4, -0.2) is 32.4 Å². The lowest BCUT2D eigenvalue weighted by Crippen LogP contribution is -2.30. The lowest BCUT2D eigenvalue weighted by Gasteiger charge is -2.18. The van der Waals surface area contributed by atoms with Crippen LogP contribution in [0.3, 0.4) is 0 Å².